The minimum absolute atomic E-state index is 0.0343. The first-order valence-electron chi connectivity index (χ1n) is 25.0. The van der Waals surface area contributed by atoms with E-state index in [1.165, 1.54) is 103 Å². The number of nitrogens with one attached hydrogen (secondary N) is 1. The summed E-state index contributed by atoms with van der Waals surface area (Å²) in [6.45, 7) is 6.34. The molecule has 1 amide bonds. The number of aliphatic hydroxyl groups excluding tert-OH is 2. The van der Waals surface area contributed by atoms with E-state index in [0.29, 0.717) is 19.3 Å². The van der Waals surface area contributed by atoms with Gasteiger partial charge in [-0.3, -0.25) is 9.59 Å². The molecule has 0 fully saturated rings. The lowest BCUT2D eigenvalue weighted by atomic mass is 10.0. The van der Waals surface area contributed by atoms with E-state index in [-0.39, 0.29) is 24.9 Å². The van der Waals surface area contributed by atoms with Crippen LogP contribution in [0.1, 0.15) is 239 Å². The van der Waals surface area contributed by atoms with Crippen LogP contribution in [0.3, 0.4) is 0 Å². The maximum atomic E-state index is 13.2. The van der Waals surface area contributed by atoms with Gasteiger partial charge in [-0.15, -0.1) is 0 Å². The highest BCUT2D eigenvalue weighted by Gasteiger charge is 2.24. The molecule has 0 aromatic rings. The zero-order valence-corrected chi connectivity index (χ0v) is 38.9. The molecule has 3 unspecified atom stereocenters. The van der Waals surface area contributed by atoms with Gasteiger partial charge in [0.2, 0.25) is 5.91 Å². The van der Waals surface area contributed by atoms with Crippen molar-refractivity contribution >= 4 is 11.9 Å². The Hall–Kier alpha value is -2.44. The fourth-order valence-electron chi connectivity index (χ4n) is 7.32. The van der Waals surface area contributed by atoms with Crippen molar-refractivity contribution in [3.63, 3.8) is 0 Å². The van der Waals surface area contributed by atoms with Crippen LogP contribution in [0.4, 0.5) is 0 Å². The fourth-order valence-corrected chi connectivity index (χ4v) is 7.32. The predicted molar refractivity (Wildman–Crippen MR) is 255 cm³/mol. The van der Waals surface area contributed by atoms with E-state index in [9.17, 15) is 19.8 Å². The topological polar surface area (TPSA) is 95.9 Å². The number of aliphatic hydroxyl groups is 2. The van der Waals surface area contributed by atoms with Gasteiger partial charge in [0.05, 0.1) is 25.2 Å². The molecule has 3 N–H and O–H groups in total. The fraction of sp³-hybridized carbons (Fsp3) is 0.774. The molecule has 0 rings (SSSR count). The van der Waals surface area contributed by atoms with Crippen molar-refractivity contribution in [2.75, 3.05) is 6.61 Å². The lowest BCUT2D eigenvalue weighted by Gasteiger charge is -2.24. The van der Waals surface area contributed by atoms with Crippen LogP contribution in [0.2, 0.25) is 0 Å². The van der Waals surface area contributed by atoms with Gasteiger partial charge in [-0.25, -0.2) is 0 Å². The molecule has 0 saturated heterocycles. The lowest BCUT2D eigenvalue weighted by Crippen LogP contribution is -2.46. The molecular formula is C53H95NO5. The summed E-state index contributed by atoms with van der Waals surface area (Å²) in [6, 6.07) is -0.721. The van der Waals surface area contributed by atoms with Crippen molar-refractivity contribution in [2.24, 2.45) is 0 Å². The van der Waals surface area contributed by atoms with Gasteiger partial charge in [0.1, 0.15) is 6.10 Å². The Morgan fingerprint density at radius 3 is 1.53 bits per heavy atom. The minimum atomic E-state index is -0.803. The molecule has 0 bridgehead atoms. The first-order valence-corrected chi connectivity index (χ1v) is 25.0. The largest absolute Gasteiger partial charge is 0.462 e. The van der Waals surface area contributed by atoms with Gasteiger partial charge in [0, 0.05) is 6.42 Å². The molecule has 6 heteroatoms. The monoisotopic (exact) mass is 826 g/mol. The minimum Gasteiger partial charge on any atom is -0.462 e. The van der Waals surface area contributed by atoms with Gasteiger partial charge in [-0.05, 0) is 77.0 Å². The van der Waals surface area contributed by atoms with Crippen molar-refractivity contribution in [3.05, 3.63) is 60.8 Å². The number of hydrogen-bond acceptors (Lipinski definition) is 5. The van der Waals surface area contributed by atoms with Crippen molar-refractivity contribution in [1.29, 1.82) is 0 Å². The van der Waals surface area contributed by atoms with E-state index < -0.39 is 18.2 Å². The second-order valence-electron chi connectivity index (χ2n) is 16.9. The normalized spacial score (nSPS) is 13.8. The van der Waals surface area contributed by atoms with Crippen molar-refractivity contribution < 1.29 is 24.5 Å². The second kappa shape index (κ2) is 46.6. The molecule has 0 radical (unpaired) electrons. The van der Waals surface area contributed by atoms with Crippen LogP contribution in [0.25, 0.3) is 0 Å². The highest BCUT2D eigenvalue weighted by molar-refractivity contribution is 5.77. The molecule has 0 aromatic heterocycles. The summed E-state index contributed by atoms with van der Waals surface area (Å²) in [5.74, 6) is -0.547. The highest BCUT2D eigenvalue weighted by Crippen LogP contribution is 2.16. The summed E-state index contributed by atoms with van der Waals surface area (Å²) in [5.41, 5.74) is 0. The molecule has 342 valence electrons. The zero-order chi connectivity index (χ0) is 43.1. The highest BCUT2D eigenvalue weighted by atomic mass is 16.5. The summed E-state index contributed by atoms with van der Waals surface area (Å²) in [4.78, 5) is 26.1. The quantitative estimate of drug-likeness (QED) is 0.0246. The molecule has 6 nitrogen and oxygen atoms in total. The predicted octanol–water partition coefficient (Wildman–Crippen LogP) is 14.8. The molecule has 0 heterocycles. The van der Waals surface area contributed by atoms with E-state index in [4.69, 9.17) is 4.74 Å². The summed E-state index contributed by atoms with van der Waals surface area (Å²) in [7, 11) is 0. The maximum Gasteiger partial charge on any atom is 0.306 e. The number of carbonyl (C=O) groups is 2. The van der Waals surface area contributed by atoms with Gasteiger partial charge in [0.25, 0.3) is 0 Å². The molecular weight excluding hydrogens is 731 g/mol. The third-order valence-corrected chi connectivity index (χ3v) is 11.1. The van der Waals surface area contributed by atoms with Crippen LogP contribution in [-0.4, -0.2) is 46.9 Å². The van der Waals surface area contributed by atoms with Crippen LogP contribution in [0.15, 0.2) is 60.8 Å². The molecule has 0 aliphatic heterocycles. The van der Waals surface area contributed by atoms with Gasteiger partial charge in [-0.1, -0.05) is 210 Å². The number of esters is 1. The Morgan fingerprint density at radius 2 is 0.983 bits per heavy atom. The third-order valence-electron chi connectivity index (χ3n) is 11.1. The van der Waals surface area contributed by atoms with E-state index >= 15 is 0 Å². The van der Waals surface area contributed by atoms with E-state index in [1.54, 1.807) is 0 Å². The van der Waals surface area contributed by atoms with E-state index in [2.05, 4.69) is 86.8 Å². The average molecular weight is 826 g/mol. The number of carbonyl (C=O) groups excluding carboxylic acids is 2. The molecule has 0 aliphatic carbocycles. The number of ether oxygens (including phenoxy) is 1. The number of hydrogen-bond donors (Lipinski definition) is 3. The maximum absolute atomic E-state index is 13.2. The summed E-state index contributed by atoms with van der Waals surface area (Å²) in [5, 5.41) is 23.7. The summed E-state index contributed by atoms with van der Waals surface area (Å²) < 4.78 is 5.89. The lowest BCUT2D eigenvalue weighted by molar-refractivity contribution is -0.151. The zero-order valence-electron chi connectivity index (χ0n) is 38.9. The van der Waals surface area contributed by atoms with Crippen molar-refractivity contribution in [2.45, 2.75) is 257 Å². The average Bonchev–Trinajstić information content (AvgIpc) is 3.23. The van der Waals surface area contributed by atoms with E-state index in [1.807, 2.05) is 0 Å². The standard InChI is InChI=1S/C53H95NO5/c1-4-7-10-13-16-19-22-25-27-29-32-35-38-41-44-49(59-53(58)46-43-40-37-34-31-28-26-23-20-17-14-11-8-5-2)47-52(57)54-50(48-55)51(56)45-42-39-36-33-30-24-21-18-15-12-9-6-3/h8,11,17,20,26-29,32,35,49-51,55-56H,4-7,9-10,12-16,18-19,21-25,30-31,33-34,36-48H2,1-3H3,(H,54,57)/b11-8+,20-17+,28-26+,29-27+,35-32+. The van der Waals surface area contributed by atoms with Gasteiger partial charge in [0.15, 0.2) is 0 Å². The molecule has 0 aromatic carbocycles. The second-order valence-corrected chi connectivity index (χ2v) is 16.9. The van der Waals surface area contributed by atoms with Crippen molar-refractivity contribution in [1.82, 2.24) is 5.32 Å². The summed E-state index contributed by atoms with van der Waals surface area (Å²) >= 11 is 0. The van der Waals surface area contributed by atoms with E-state index in [0.717, 1.165) is 89.9 Å². The molecule has 0 spiro atoms. The van der Waals surface area contributed by atoms with Crippen LogP contribution in [-0.2, 0) is 14.3 Å². The summed E-state index contributed by atoms with van der Waals surface area (Å²) in [6.07, 6.45) is 57.1. The van der Waals surface area contributed by atoms with Gasteiger partial charge in [-0.2, -0.15) is 0 Å². The first kappa shape index (κ1) is 56.6. The number of amides is 1. The molecule has 0 saturated carbocycles. The smallest absolute Gasteiger partial charge is 0.306 e. The van der Waals surface area contributed by atoms with Crippen LogP contribution >= 0.6 is 0 Å². The van der Waals surface area contributed by atoms with Gasteiger partial charge >= 0.3 is 5.97 Å². The van der Waals surface area contributed by atoms with Gasteiger partial charge < -0.3 is 20.3 Å². The van der Waals surface area contributed by atoms with Crippen LogP contribution in [0, 0.1) is 0 Å². The van der Waals surface area contributed by atoms with Crippen LogP contribution in [0.5, 0.6) is 0 Å². The Bertz CT molecular complexity index is 1060. The molecule has 3 atom stereocenters. The molecule has 59 heavy (non-hydrogen) atoms. The number of unbranched alkanes of at least 4 members (excludes halogenated alkanes) is 23. The molecule has 0 aliphatic rings. The third kappa shape index (κ3) is 42.1. The Balaban J connectivity index is 4.70. The van der Waals surface area contributed by atoms with Crippen molar-refractivity contribution in [3.8, 4) is 0 Å². The number of allylic oxidation sites excluding steroid dienone is 10. The Morgan fingerprint density at radius 1 is 0.525 bits per heavy atom. The number of rotatable bonds is 44. The first-order chi connectivity index (χ1) is 29.0. The Labute approximate surface area is 365 Å². The van der Waals surface area contributed by atoms with Crippen LogP contribution < -0.4 is 5.32 Å². The Kier molecular flexibility index (Phi) is 44.7. The SMILES string of the molecule is CC/C=C/C/C=C/C/C=C/CCCCCCC(=O)OC(CCC/C=C/C=C/CCCCCCCCC)CC(=O)NC(CO)C(O)CCCCCCCCCCCCCC.